The van der Waals surface area contributed by atoms with E-state index in [4.69, 9.17) is 5.11 Å². The Bertz CT molecular complexity index is 623. The Labute approximate surface area is 115 Å². The summed E-state index contributed by atoms with van der Waals surface area (Å²) >= 11 is 4.15. The highest BCUT2D eigenvalue weighted by atomic mass is 32.1. The number of carbonyl (C=O) groups excluding carboxylic acids is 1. The van der Waals surface area contributed by atoms with E-state index >= 15 is 0 Å². The smallest absolute Gasteiger partial charge is 0.336 e. The van der Waals surface area contributed by atoms with Crippen molar-refractivity contribution >= 4 is 30.2 Å². The second-order valence-corrected chi connectivity index (χ2v) is 4.37. The monoisotopic (exact) mass is 273 g/mol. The number of aromatic carboxylic acids is 1. The first-order valence-corrected chi connectivity index (χ1v) is 5.95. The quantitative estimate of drug-likeness (QED) is 0.753. The van der Waals surface area contributed by atoms with Gasteiger partial charge < -0.3 is 10.4 Å². The third kappa shape index (κ3) is 3.14. The molecule has 5 heteroatoms. The summed E-state index contributed by atoms with van der Waals surface area (Å²) < 4.78 is 0. The van der Waals surface area contributed by atoms with Crippen LogP contribution in [0.5, 0.6) is 0 Å². The molecule has 0 spiro atoms. The maximum Gasteiger partial charge on any atom is 0.336 e. The summed E-state index contributed by atoms with van der Waals surface area (Å²) in [5.41, 5.74) is 0.693. The Kier molecular flexibility index (Phi) is 3.87. The highest BCUT2D eigenvalue weighted by Gasteiger charge is 2.15. The van der Waals surface area contributed by atoms with Crippen LogP contribution in [0, 0.1) is 0 Å². The van der Waals surface area contributed by atoms with E-state index in [1.807, 2.05) is 0 Å². The lowest BCUT2D eigenvalue weighted by atomic mass is 10.1. The third-order valence-electron chi connectivity index (χ3n) is 2.53. The van der Waals surface area contributed by atoms with Gasteiger partial charge in [-0.15, -0.1) is 12.6 Å². The van der Waals surface area contributed by atoms with Crippen LogP contribution in [0.3, 0.4) is 0 Å². The van der Waals surface area contributed by atoms with Crippen LogP contribution in [0.1, 0.15) is 20.7 Å². The van der Waals surface area contributed by atoms with Gasteiger partial charge in [-0.3, -0.25) is 4.79 Å². The zero-order chi connectivity index (χ0) is 13.8. The molecule has 96 valence electrons. The second-order valence-electron chi connectivity index (χ2n) is 3.85. The van der Waals surface area contributed by atoms with Crippen LogP contribution in [-0.2, 0) is 0 Å². The van der Waals surface area contributed by atoms with E-state index in [0.29, 0.717) is 5.69 Å². The van der Waals surface area contributed by atoms with Gasteiger partial charge in [-0.1, -0.05) is 12.1 Å². The Morgan fingerprint density at radius 3 is 2.11 bits per heavy atom. The summed E-state index contributed by atoms with van der Waals surface area (Å²) in [6.07, 6.45) is 0. The molecule has 0 aliphatic rings. The Hall–Kier alpha value is -2.27. The number of amides is 1. The molecule has 0 radical (unpaired) electrons. The van der Waals surface area contributed by atoms with Gasteiger partial charge in [0.2, 0.25) is 0 Å². The minimum atomic E-state index is -1.13. The molecule has 1 amide bonds. The molecule has 0 aromatic heterocycles. The minimum absolute atomic E-state index is 0.0224. The lowest BCUT2D eigenvalue weighted by Gasteiger charge is -2.07. The lowest BCUT2D eigenvalue weighted by molar-refractivity contribution is 0.0692. The normalized spacial score (nSPS) is 9.95. The second kappa shape index (κ2) is 5.58. The van der Waals surface area contributed by atoms with Crippen molar-refractivity contribution in [2.24, 2.45) is 0 Å². The fourth-order valence-electron chi connectivity index (χ4n) is 1.61. The number of hydrogen-bond acceptors (Lipinski definition) is 3. The first-order chi connectivity index (χ1) is 9.08. The molecule has 0 heterocycles. The van der Waals surface area contributed by atoms with Crippen molar-refractivity contribution in [3.8, 4) is 0 Å². The average molecular weight is 273 g/mol. The predicted octanol–water partition coefficient (Wildman–Crippen LogP) is 2.93. The van der Waals surface area contributed by atoms with Gasteiger partial charge in [-0.05, 0) is 36.4 Å². The first kappa shape index (κ1) is 13.2. The molecule has 2 aromatic carbocycles. The summed E-state index contributed by atoms with van der Waals surface area (Å²) in [6.45, 7) is 0. The van der Waals surface area contributed by atoms with Gasteiger partial charge in [0.25, 0.3) is 5.91 Å². The molecule has 0 saturated heterocycles. The summed E-state index contributed by atoms with van der Waals surface area (Å²) in [6, 6.07) is 12.9. The van der Waals surface area contributed by atoms with Gasteiger partial charge in [0.15, 0.2) is 0 Å². The highest BCUT2D eigenvalue weighted by molar-refractivity contribution is 7.80. The van der Waals surface area contributed by atoms with E-state index in [1.54, 1.807) is 36.4 Å². The summed E-state index contributed by atoms with van der Waals surface area (Å²) in [4.78, 5) is 23.8. The molecule has 2 aromatic rings. The standard InChI is InChI=1S/C14H11NO3S/c16-13(15-9-5-7-10(19)8-6-9)11-3-1-2-4-12(11)14(17)18/h1-8,19H,(H,15,16)(H,17,18). The van der Waals surface area contributed by atoms with Gasteiger partial charge in [-0.2, -0.15) is 0 Å². The molecule has 19 heavy (non-hydrogen) atoms. The van der Waals surface area contributed by atoms with Crippen molar-refractivity contribution in [2.45, 2.75) is 4.90 Å². The van der Waals surface area contributed by atoms with Gasteiger partial charge in [0, 0.05) is 10.6 Å². The van der Waals surface area contributed by atoms with E-state index in [0.717, 1.165) is 4.90 Å². The fourth-order valence-corrected chi connectivity index (χ4v) is 1.76. The number of hydrogen-bond donors (Lipinski definition) is 3. The van der Waals surface area contributed by atoms with E-state index < -0.39 is 11.9 Å². The zero-order valence-corrected chi connectivity index (χ0v) is 10.7. The van der Waals surface area contributed by atoms with Crippen molar-refractivity contribution in [1.82, 2.24) is 0 Å². The van der Waals surface area contributed by atoms with E-state index in [9.17, 15) is 9.59 Å². The van der Waals surface area contributed by atoms with Crippen LogP contribution >= 0.6 is 12.6 Å². The number of anilines is 1. The molecule has 2 N–H and O–H groups in total. The van der Waals surface area contributed by atoms with Crippen LogP contribution in [0.25, 0.3) is 0 Å². The molecule has 2 rings (SSSR count). The number of thiol groups is 1. The van der Waals surface area contributed by atoms with Crippen molar-refractivity contribution in [2.75, 3.05) is 5.32 Å². The maximum atomic E-state index is 12.0. The Morgan fingerprint density at radius 1 is 0.947 bits per heavy atom. The van der Waals surface area contributed by atoms with Crippen LogP contribution in [0.15, 0.2) is 53.4 Å². The van der Waals surface area contributed by atoms with Crippen molar-refractivity contribution in [3.63, 3.8) is 0 Å². The molecule has 0 bridgehead atoms. The topological polar surface area (TPSA) is 66.4 Å². The van der Waals surface area contributed by atoms with E-state index in [-0.39, 0.29) is 11.1 Å². The zero-order valence-electron chi connectivity index (χ0n) is 9.83. The van der Waals surface area contributed by atoms with E-state index in [2.05, 4.69) is 17.9 Å². The van der Waals surface area contributed by atoms with Crippen molar-refractivity contribution in [3.05, 3.63) is 59.7 Å². The van der Waals surface area contributed by atoms with Crippen LogP contribution in [0.4, 0.5) is 5.69 Å². The van der Waals surface area contributed by atoms with Gasteiger partial charge in [0.05, 0.1) is 11.1 Å². The third-order valence-corrected chi connectivity index (χ3v) is 2.83. The van der Waals surface area contributed by atoms with Crippen LogP contribution in [-0.4, -0.2) is 17.0 Å². The van der Waals surface area contributed by atoms with Gasteiger partial charge in [-0.25, -0.2) is 4.79 Å². The lowest BCUT2D eigenvalue weighted by Crippen LogP contribution is -2.16. The molecule has 0 saturated carbocycles. The number of nitrogens with one attached hydrogen (secondary N) is 1. The van der Waals surface area contributed by atoms with Crippen molar-refractivity contribution < 1.29 is 14.7 Å². The van der Waals surface area contributed by atoms with Gasteiger partial charge in [0.1, 0.15) is 0 Å². The highest BCUT2D eigenvalue weighted by Crippen LogP contribution is 2.15. The molecule has 0 fully saturated rings. The van der Waals surface area contributed by atoms with Crippen LogP contribution < -0.4 is 5.32 Å². The molecule has 4 nitrogen and oxygen atoms in total. The number of benzene rings is 2. The Balaban J connectivity index is 2.25. The molecular weight excluding hydrogens is 262 g/mol. The molecule has 0 aliphatic heterocycles. The fraction of sp³-hybridized carbons (Fsp3) is 0. The number of carbonyl (C=O) groups is 2. The summed E-state index contributed by atoms with van der Waals surface area (Å²) in [5.74, 6) is -1.58. The summed E-state index contributed by atoms with van der Waals surface area (Å²) in [5, 5.41) is 11.7. The largest absolute Gasteiger partial charge is 0.478 e. The number of carboxylic acid groups (broad SMARTS) is 1. The first-order valence-electron chi connectivity index (χ1n) is 5.50. The number of carboxylic acids is 1. The predicted molar refractivity (Wildman–Crippen MR) is 75.0 cm³/mol. The molecule has 0 atom stereocenters. The van der Waals surface area contributed by atoms with E-state index in [1.165, 1.54) is 12.1 Å². The molecule has 0 aliphatic carbocycles. The average Bonchev–Trinajstić information content (AvgIpc) is 2.41. The van der Waals surface area contributed by atoms with Crippen LogP contribution in [0.2, 0.25) is 0 Å². The SMILES string of the molecule is O=C(O)c1ccccc1C(=O)Nc1ccc(S)cc1. The van der Waals surface area contributed by atoms with Gasteiger partial charge >= 0.3 is 5.97 Å². The maximum absolute atomic E-state index is 12.0. The number of rotatable bonds is 3. The molecular formula is C14H11NO3S. The minimum Gasteiger partial charge on any atom is -0.478 e. The Morgan fingerprint density at radius 2 is 1.53 bits per heavy atom. The van der Waals surface area contributed by atoms with Crippen molar-refractivity contribution in [1.29, 1.82) is 0 Å². The summed E-state index contributed by atoms with van der Waals surface area (Å²) in [7, 11) is 0. The molecule has 0 unspecified atom stereocenters.